The number of nitrogens with two attached hydrogens (primary N) is 1. The van der Waals surface area contributed by atoms with E-state index >= 15 is 0 Å². The molecule has 0 radical (unpaired) electrons. The van der Waals surface area contributed by atoms with E-state index < -0.39 is 23.6 Å². The Bertz CT molecular complexity index is 1610. The van der Waals surface area contributed by atoms with Crippen molar-refractivity contribution >= 4 is 51.4 Å². The van der Waals surface area contributed by atoms with E-state index in [0.717, 1.165) is 47.9 Å². The van der Waals surface area contributed by atoms with Crippen LogP contribution in [-0.2, 0) is 10.9 Å². The van der Waals surface area contributed by atoms with Crippen LogP contribution in [0.25, 0.3) is 0 Å². The number of hydrogen-bond acceptors (Lipinski definition) is 10. The van der Waals surface area contributed by atoms with Crippen molar-refractivity contribution in [1.82, 2.24) is 15.0 Å². The third-order valence-corrected chi connectivity index (χ3v) is 7.00. The van der Waals surface area contributed by atoms with Gasteiger partial charge in [0.15, 0.2) is 5.13 Å². The summed E-state index contributed by atoms with van der Waals surface area (Å²) in [4.78, 5) is 38.0. The molecule has 3 heterocycles. The average Bonchev–Trinajstić information content (AvgIpc) is 3.44. The number of hydrogen-bond donors (Lipinski definition) is 4. The van der Waals surface area contributed by atoms with E-state index in [-0.39, 0.29) is 10.4 Å². The van der Waals surface area contributed by atoms with E-state index in [1.807, 2.05) is 19.9 Å². The molecule has 0 saturated carbocycles. The number of nitrogens with zero attached hydrogens (tertiary/aromatic N) is 4. The number of carboxylic acid groups (broad SMARTS) is 1. The van der Waals surface area contributed by atoms with Crippen molar-refractivity contribution in [2.75, 3.05) is 47.6 Å². The van der Waals surface area contributed by atoms with E-state index in [9.17, 15) is 22.8 Å². The fraction of sp³-hybridized carbons (Fsp3) is 0.250. The summed E-state index contributed by atoms with van der Waals surface area (Å²) in [5.74, 6) is 0.456. The van der Waals surface area contributed by atoms with E-state index in [2.05, 4.69) is 30.5 Å². The minimum atomic E-state index is -4.48. The summed E-state index contributed by atoms with van der Waals surface area (Å²) in [6.45, 7) is 6.57. The number of carbonyl (C=O) groups excluding carboxylic acids is 1. The van der Waals surface area contributed by atoms with Gasteiger partial charge in [-0.3, -0.25) is 4.79 Å². The molecule has 226 valence electrons. The predicted octanol–water partition coefficient (Wildman–Crippen LogP) is 5.37. The lowest BCUT2D eigenvalue weighted by Gasteiger charge is -2.28. The lowest BCUT2D eigenvalue weighted by atomic mass is 10.1. The number of alkyl halides is 3. The molecule has 15 heteroatoms. The first kappa shape index (κ1) is 31.2. The van der Waals surface area contributed by atoms with E-state index in [1.165, 1.54) is 18.3 Å². The molecule has 1 amide bonds. The Morgan fingerprint density at radius 3 is 2.47 bits per heavy atom. The first-order valence-corrected chi connectivity index (χ1v) is 13.7. The Balaban J connectivity index is 0.000000197. The number of aromatic nitrogens is 3. The molecule has 0 aliphatic carbocycles. The molecule has 0 unspecified atom stereocenters. The van der Waals surface area contributed by atoms with Gasteiger partial charge in [-0.1, -0.05) is 23.5 Å². The zero-order valence-corrected chi connectivity index (χ0v) is 23.9. The molecule has 2 aromatic carbocycles. The van der Waals surface area contributed by atoms with E-state index in [4.69, 9.17) is 15.6 Å². The van der Waals surface area contributed by atoms with Gasteiger partial charge in [-0.25, -0.2) is 19.7 Å². The second-order valence-electron chi connectivity index (χ2n) is 9.32. The second kappa shape index (κ2) is 13.5. The molecular weight excluding hydrogens is 587 g/mol. The van der Waals surface area contributed by atoms with Crippen LogP contribution in [0.1, 0.15) is 37.0 Å². The van der Waals surface area contributed by atoms with Crippen LogP contribution in [0.2, 0.25) is 0 Å². The summed E-state index contributed by atoms with van der Waals surface area (Å²) in [7, 11) is 0. The maximum Gasteiger partial charge on any atom is 0.416 e. The molecular formula is C28H28F3N7O4S. The maximum absolute atomic E-state index is 12.6. The number of carbonyl (C=O) groups is 2. The highest BCUT2D eigenvalue weighted by molar-refractivity contribution is 7.17. The first-order valence-electron chi connectivity index (χ1n) is 12.9. The summed E-state index contributed by atoms with van der Waals surface area (Å²) >= 11 is 1.07. The fourth-order valence-electron chi connectivity index (χ4n) is 3.87. The molecule has 1 fully saturated rings. The van der Waals surface area contributed by atoms with Crippen molar-refractivity contribution in [3.05, 3.63) is 82.1 Å². The Hall–Kier alpha value is -4.76. The molecule has 0 atom stereocenters. The number of aromatic carboxylic acids is 1. The number of ether oxygens (including phenoxy) is 1. The van der Waals surface area contributed by atoms with Crippen molar-refractivity contribution in [1.29, 1.82) is 0 Å². The van der Waals surface area contributed by atoms with Crippen molar-refractivity contribution in [3.8, 4) is 0 Å². The van der Waals surface area contributed by atoms with Gasteiger partial charge >= 0.3 is 12.1 Å². The van der Waals surface area contributed by atoms with Gasteiger partial charge in [0, 0.05) is 36.1 Å². The van der Waals surface area contributed by atoms with Gasteiger partial charge in [-0.2, -0.15) is 13.2 Å². The second-order valence-corrected chi connectivity index (χ2v) is 10.4. The van der Waals surface area contributed by atoms with Crippen LogP contribution in [0.15, 0.2) is 54.7 Å². The standard InChI is InChI=1S/C15H13F3N2O.C13H15N5O3S/c1-9-5-6-12(8-13(9)19)20-14(21)10-3-2-4-11(7-10)15(16,17)18;1-8-15-10(17-13-14-7-9(22-13)12(19)20)6-11(16-8)18-2-4-21-5-3-18/h2-8H,19H2,1H3,(H,20,21);6-7H,2-5H2,1H3,(H,19,20)(H,14,15,16,17). The SMILES string of the molecule is Cc1ccc(NC(=O)c2cccc(C(F)(F)F)c2)cc1N.Cc1nc(Nc2ncc(C(=O)O)s2)cc(N2CCOCC2)n1. The smallest absolute Gasteiger partial charge is 0.416 e. The van der Waals surface area contributed by atoms with E-state index in [0.29, 0.717) is 41.4 Å². The van der Waals surface area contributed by atoms with Crippen LogP contribution in [-0.4, -0.2) is 58.2 Å². The van der Waals surface area contributed by atoms with Gasteiger partial charge in [0.05, 0.1) is 25.0 Å². The minimum Gasteiger partial charge on any atom is -0.477 e. The van der Waals surface area contributed by atoms with Crippen LogP contribution >= 0.6 is 11.3 Å². The molecule has 1 aliphatic rings. The van der Waals surface area contributed by atoms with Gasteiger partial charge < -0.3 is 31.1 Å². The molecule has 11 nitrogen and oxygen atoms in total. The minimum absolute atomic E-state index is 0.0658. The number of nitrogen functional groups attached to an aromatic ring is 1. The van der Waals surface area contributed by atoms with Crippen LogP contribution in [0.3, 0.4) is 0 Å². The number of halogens is 3. The number of thiazole rings is 1. The van der Waals surface area contributed by atoms with E-state index in [1.54, 1.807) is 18.2 Å². The molecule has 1 aliphatic heterocycles. The summed E-state index contributed by atoms with van der Waals surface area (Å²) in [5.41, 5.74) is 6.57. The molecule has 4 aromatic rings. The number of anilines is 5. The summed E-state index contributed by atoms with van der Waals surface area (Å²) < 4.78 is 43.2. The summed E-state index contributed by atoms with van der Waals surface area (Å²) in [5, 5.41) is 15.0. The zero-order chi connectivity index (χ0) is 31.1. The Morgan fingerprint density at radius 1 is 1.07 bits per heavy atom. The molecule has 2 aromatic heterocycles. The third-order valence-electron chi connectivity index (χ3n) is 6.10. The Kier molecular flexibility index (Phi) is 9.77. The van der Waals surface area contributed by atoms with Gasteiger partial charge in [0.25, 0.3) is 5.91 Å². The number of benzene rings is 2. The third kappa shape index (κ3) is 8.62. The van der Waals surface area contributed by atoms with Crippen LogP contribution in [0.5, 0.6) is 0 Å². The number of aryl methyl sites for hydroxylation is 2. The molecule has 0 spiro atoms. The quantitative estimate of drug-likeness (QED) is 0.208. The zero-order valence-electron chi connectivity index (χ0n) is 23.1. The fourth-order valence-corrected chi connectivity index (χ4v) is 4.53. The van der Waals surface area contributed by atoms with Crippen molar-refractivity contribution in [2.45, 2.75) is 20.0 Å². The Labute approximate surface area is 248 Å². The molecule has 5 N–H and O–H groups in total. The van der Waals surface area contributed by atoms with Gasteiger partial charge in [0.1, 0.15) is 22.3 Å². The molecule has 5 rings (SSSR count). The number of amides is 1. The molecule has 0 bridgehead atoms. The van der Waals surface area contributed by atoms with Crippen LogP contribution in [0, 0.1) is 13.8 Å². The van der Waals surface area contributed by atoms with Crippen molar-refractivity contribution in [2.24, 2.45) is 0 Å². The maximum atomic E-state index is 12.6. The summed E-state index contributed by atoms with van der Waals surface area (Å²) in [6, 6.07) is 11.0. The Morgan fingerprint density at radius 2 is 1.81 bits per heavy atom. The van der Waals surface area contributed by atoms with Crippen LogP contribution < -0.4 is 21.3 Å². The van der Waals surface area contributed by atoms with Gasteiger partial charge in [-0.15, -0.1) is 0 Å². The highest BCUT2D eigenvalue weighted by atomic mass is 32.1. The van der Waals surface area contributed by atoms with Gasteiger partial charge in [0.2, 0.25) is 0 Å². The topological polar surface area (TPSA) is 156 Å². The van der Waals surface area contributed by atoms with Crippen LogP contribution in [0.4, 0.5) is 41.3 Å². The van der Waals surface area contributed by atoms with Crippen molar-refractivity contribution in [3.63, 3.8) is 0 Å². The predicted molar refractivity (Wildman–Crippen MR) is 157 cm³/mol. The van der Waals surface area contributed by atoms with Crippen molar-refractivity contribution < 1.29 is 32.6 Å². The lowest BCUT2D eigenvalue weighted by molar-refractivity contribution is -0.137. The normalized spacial score (nSPS) is 13.1. The highest BCUT2D eigenvalue weighted by Gasteiger charge is 2.31. The summed E-state index contributed by atoms with van der Waals surface area (Å²) in [6.07, 6.45) is -3.16. The molecule has 1 saturated heterocycles. The lowest BCUT2D eigenvalue weighted by Crippen LogP contribution is -2.36. The number of carboxylic acids is 1. The largest absolute Gasteiger partial charge is 0.477 e. The number of rotatable bonds is 6. The number of nitrogens with one attached hydrogen (secondary N) is 2. The highest BCUT2D eigenvalue weighted by Crippen LogP contribution is 2.30. The molecule has 43 heavy (non-hydrogen) atoms. The number of morpholine rings is 1. The monoisotopic (exact) mass is 615 g/mol. The average molecular weight is 616 g/mol. The van der Waals surface area contributed by atoms with Gasteiger partial charge in [-0.05, 0) is 49.7 Å². The first-order chi connectivity index (χ1) is 20.4.